The molecule has 2 atom stereocenters. The summed E-state index contributed by atoms with van der Waals surface area (Å²) >= 11 is 0. The molecule has 0 bridgehead atoms. The van der Waals surface area contributed by atoms with Crippen LogP contribution in [0.25, 0.3) is 0 Å². The van der Waals surface area contributed by atoms with Crippen molar-refractivity contribution in [2.24, 2.45) is 5.92 Å². The number of aliphatic hydroxyl groups excluding tert-OH is 1. The minimum absolute atomic E-state index is 0.137. The first-order valence-electron chi connectivity index (χ1n) is 9.68. The highest BCUT2D eigenvalue weighted by atomic mass is 19.1. The number of aromatic hydroxyl groups is 1. The Morgan fingerprint density at radius 2 is 1.40 bits per heavy atom. The molecular formula is C24H23F2NO3. The van der Waals surface area contributed by atoms with Gasteiger partial charge in [0.2, 0.25) is 5.91 Å². The van der Waals surface area contributed by atoms with Gasteiger partial charge in [0.05, 0.1) is 6.10 Å². The fourth-order valence-electron chi connectivity index (χ4n) is 3.23. The Morgan fingerprint density at radius 1 is 0.833 bits per heavy atom. The first kappa shape index (κ1) is 21.5. The fraction of sp³-hybridized carbons (Fsp3) is 0.208. The quantitative estimate of drug-likeness (QED) is 0.490. The Morgan fingerprint density at radius 3 is 2.00 bits per heavy atom. The third-order valence-electron chi connectivity index (χ3n) is 4.94. The molecule has 1 amide bonds. The van der Waals surface area contributed by atoms with Crippen LogP contribution in [0.15, 0.2) is 72.8 Å². The maximum absolute atomic E-state index is 13.1. The number of benzene rings is 3. The number of carbonyl (C=O) groups is 1. The second-order valence-corrected chi connectivity index (χ2v) is 7.21. The molecular weight excluding hydrogens is 388 g/mol. The summed E-state index contributed by atoms with van der Waals surface area (Å²) in [6.07, 6.45) is 0.271. The normalized spacial score (nSPS) is 12.9. The molecule has 0 heterocycles. The minimum atomic E-state index is -0.827. The van der Waals surface area contributed by atoms with Crippen LogP contribution in [0.4, 0.5) is 14.5 Å². The summed E-state index contributed by atoms with van der Waals surface area (Å²) in [5.41, 5.74) is 1.93. The molecule has 0 fully saturated rings. The molecule has 4 nitrogen and oxygen atoms in total. The van der Waals surface area contributed by atoms with Gasteiger partial charge in [0, 0.05) is 11.6 Å². The number of anilines is 1. The van der Waals surface area contributed by atoms with Crippen molar-refractivity contribution in [3.05, 3.63) is 95.6 Å². The molecule has 3 N–H and O–H groups in total. The van der Waals surface area contributed by atoms with Crippen molar-refractivity contribution in [1.29, 1.82) is 0 Å². The SMILES string of the molecule is O=C(Nc1ccc(F)cc1)[C@H](CC[C@H](O)c1ccc(F)cc1)Cc1ccc(O)cc1. The zero-order valence-corrected chi connectivity index (χ0v) is 16.3. The standard InChI is InChI=1S/C24H23F2NO3/c25-19-6-3-17(4-7-19)23(29)14-5-18(15-16-1-12-22(28)13-2-16)24(30)27-21-10-8-20(26)9-11-21/h1-4,6-13,18,23,28-29H,5,14-15H2,(H,27,30)/t18-,23+/m1/s1. The molecule has 0 aliphatic carbocycles. The molecule has 0 saturated carbocycles. The Bertz CT molecular complexity index is 957. The average Bonchev–Trinajstić information content (AvgIpc) is 2.74. The molecule has 0 aliphatic heterocycles. The monoisotopic (exact) mass is 411 g/mol. The third-order valence-corrected chi connectivity index (χ3v) is 4.94. The van der Waals surface area contributed by atoms with E-state index in [1.165, 1.54) is 48.5 Å². The Labute approximate surface area is 173 Å². The van der Waals surface area contributed by atoms with Crippen molar-refractivity contribution in [2.45, 2.75) is 25.4 Å². The van der Waals surface area contributed by atoms with Crippen LogP contribution in [-0.2, 0) is 11.2 Å². The van der Waals surface area contributed by atoms with Crippen LogP contribution in [0.5, 0.6) is 5.75 Å². The van der Waals surface area contributed by atoms with E-state index in [1.54, 1.807) is 24.3 Å². The molecule has 0 unspecified atom stereocenters. The lowest BCUT2D eigenvalue weighted by atomic mass is 9.91. The van der Waals surface area contributed by atoms with Gasteiger partial charge in [-0.1, -0.05) is 24.3 Å². The smallest absolute Gasteiger partial charge is 0.227 e. The topological polar surface area (TPSA) is 69.6 Å². The van der Waals surface area contributed by atoms with Gasteiger partial charge in [-0.25, -0.2) is 8.78 Å². The number of aliphatic hydroxyl groups is 1. The first-order valence-corrected chi connectivity index (χ1v) is 9.68. The van der Waals surface area contributed by atoms with Crippen molar-refractivity contribution in [2.75, 3.05) is 5.32 Å². The van der Waals surface area contributed by atoms with Gasteiger partial charge < -0.3 is 15.5 Å². The van der Waals surface area contributed by atoms with E-state index < -0.39 is 17.8 Å². The molecule has 3 rings (SSSR count). The summed E-state index contributed by atoms with van der Waals surface area (Å²) in [4.78, 5) is 12.9. The molecule has 0 aliphatic rings. The number of hydrogen-bond acceptors (Lipinski definition) is 3. The zero-order valence-electron chi connectivity index (χ0n) is 16.3. The largest absolute Gasteiger partial charge is 0.508 e. The summed E-state index contributed by atoms with van der Waals surface area (Å²) in [7, 11) is 0. The number of amides is 1. The van der Waals surface area contributed by atoms with E-state index in [0.717, 1.165) is 5.56 Å². The van der Waals surface area contributed by atoms with E-state index in [0.29, 0.717) is 30.5 Å². The van der Waals surface area contributed by atoms with Crippen LogP contribution < -0.4 is 5.32 Å². The number of rotatable bonds is 8. The molecule has 3 aromatic carbocycles. The lowest BCUT2D eigenvalue weighted by Crippen LogP contribution is -2.25. The van der Waals surface area contributed by atoms with Gasteiger partial charge >= 0.3 is 0 Å². The van der Waals surface area contributed by atoms with Gasteiger partial charge in [0.25, 0.3) is 0 Å². The maximum Gasteiger partial charge on any atom is 0.227 e. The van der Waals surface area contributed by atoms with Crippen LogP contribution in [0.1, 0.15) is 30.1 Å². The van der Waals surface area contributed by atoms with Crippen molar-refractivity contribution >= 4 is 11.6 Å². The minimum Gasteiger partial charge on any atom is -0.508 e. The summed E-state index contributed by atoms with van der Waals surface area (Å²) in [6.45, 7) is 0. The summed E-state index contributed by atoms with van der Waals surface area (Å²) < 4.78 is 26.2. The average molecular weight is 411 g/mol. The second kappa shape index (κ2) is 9.98. The van der Waals surface area contributed by atoms with Gasteiger partial charge in [-0.2, -0.15) is 0 Å². The van der Waals surface area contributed by atoms with Crippen molar-refractivity contribution in [3.63, 3.8) is 0 Å². The van der Waals surface area contributed by atoms with E-state index >= 15 is 0 Å². The molecule has 30 heavy (non-hydrogen) atoms. The van der Waals surface area contributed by atoms with Crippen molar-refractivity contribution in [1.82, 2.24) is 0 Å². The third kappa shape index (κ3) is 6.12. The Kier molecular flexibility index (Phi) is 7.14. The molecule has 6 heteroatoms. The number of phenolic OH excluding ortho intramolecular Hbond substituents is 1. The van der Waals surface area contributed by atoms with Crippen LogP contribution in [0.2, 0.25) is 0 Å². The van der Waals surface area contributed by atoms with E-state index in [-0.39, 0.29) is 17.5 Å². The Balaban J connectivity index is 1.70. The summed E-state index contributed by atoms with van der Waals surface area (Å²) in [5, 5.41) is 22.7. The van der Waals surface area contributed by atoms with Gasteiger partial charge in [0.15, 0.2) is 0 Å². The predicted octanol–water partition coefficient (Wildman–Crippen LogP) is 4.98. The lowest BCUT2D eigenvalue weighted by molar-refractivity contribution is -0.120. The van der Waals surface area contributed by atoms with Gasteiger partial charge in [-0.05, 0) is 78.9 Å². The molecule has 0 radical (unpaired) electrons. The van der Waals surface area contributed by atoms with Crippen molar-refractivity contribution < 1.29 is 23.8 Å². The molecule has 0 saturated heterocycles. The van der Waals surface area contributed by atoms with E-state index in [2.05, 4.69) is 5.32 Å². The summed E-state index contributed by atoms with van der Waals surface area (Å²) in [6, 6.07) is 17.7. The van der Waals surface area contributed by atoms with E-state index in [4.69, 9.17) is 0 Å². The number of carbonyl (C=O) groups excluding carboxylic acids is 1. The van der Waals surface area contributed by atoms with Gasteiger partial charge in [-0.15, -0.1) is 0 Å². The van der Waals surface area contributed by atoms with Crippen LogP contribution in [-0.4, -0.2) is 16.1 Å². The van der Waals surface area contributed by atoms with E-state index in [1.807, 2.05) is 0 Å². The number of nitrogens with one attached hydrogen (secondary N) is 1. The summed E-state index contributed by atoms with van der Waals surface area (Å²) in [5.74, 6) is -1.35. The lowest BCUT2D eigenvalue weighted by Gasteiger charge is -2.19. The van der Waals surface area contributed by atoms with Crippen LogP contribution >= 0.6 is 0 Å². The van der Waals surface area contributed by atoms with E-state index in [9.17, 15) is 23.8 Å². The number of hydrogen-bond donors (Lipinski definition) is 3. The zero-order chi connectivity index (χ0) is 21.5. The molecule has 0 aromatic heterocycles. The molecule has 3 aromatic rings. The highest BCUT2D eigenvalue weighted by Gasteiger charge is 2.21. The first-order chi connectivity index (χ1) is 14.4. The predicted molar refractivity (Wildman–Crippen MR) is 111 cm³/mol. The second-order valence-electron chi connectivity index (χ2n) is 7.21. The Hall–Kier alpha value is -3.25. The highest BCUT2D eigenvalue weighted by Crippen LogP contribution is 2.25. The van der Waals surface area contributed by atoms with Gasteiger partial charge in [0.1, 0.15) is 17.4 Å². The number of phenols is 1. The van der Waals surface area contributed by atoms with Gasteiger partial charge in [-0.3, -0.25) is 4.79 Å². The van der Waals surface area contributed by atoms with Crippen molar-refractivity contribution in [3.8, 4) is 5.75 Å². The van der Waals surface area contributed by atoms with Crippen LogP contribution in [0.3, 0.4) is 0 Å². The fourth-order valence-corrected chi connectivity index (χ4v) is 3.23. The number of halogens is 2. The highest BCUT2D eigenvalue weighted by molar-refractivity contribution is 5.92. The molecule has 0 spiro atoms. The maximum atomic E-state index is 13.1. The molecule has 156 valence electrons. The van der Waals surface area contributed by atoms with Crippen LogP contribution in [0, 0.1) is 17.6 Å².